The molecule has 1 aliphatic rings. The van der Waals surface area contributed by atoms with Gasteiger partial charge in [0.15, 0.2) is 11.6 Å². The molecular formula is C22H27N7O. The molecule has 2 amide bonds. The van der Waals surface area contributed by atoms with Crippen LogP contribution < -0.4 is 10.2 Å². The number of piperazine rings is 1. The van der Waals surface area contributed by atoms with Crippen molar-refractivity contribution in [1.29, 1.82) is 0 Å². The number of hydrogen-bond donors (Lipinski definition) is 1. The highest BCUT2D eigenvalue weighted by Crippen LogP contribution is 2.18. The standard InChI is InChI=1S/C22H27N7O/c1-15-5-6-19(16(2)13-15)23-22(30)28-11-9-27(10-12-28)20-7-8-21(25-24-20)29-18(4)14-17(3)26-29/h5-8,13-14H,9-12H2,1-4H3,(H,23,30). The van der Waals surface area contributed by atoms with Crippen molar-refractivity contribution in [3.05, 3.63) is 58.9 Å². The first-order valence-corrected chi connectivity index (χ1v) is 10.2. The maximum absolute atomic E-state index is 12.6. The Morgan fingerprint density at radius 1 is 0.900 bits per heavy atom. The summed E-state index contributed by atoms with van der Waals surface area (Å²) in [5, 5.41) is 16.2. The van der Waals surface area contributed by atoms with Crippen LogP contribution in [0.15, 0.2) is 36.4 Å². The highest BCUT2D eigenvalue weighted by Gasteiger charge is 2.22. The van der Waals surface area contributed by atoms with Gasteiger partial charge in [-0.2, -0.15) is 5.10 Å². The van der Waals surface area contributed by atoms with Crippen molar-refractivity contribution in [1.82, 2.24) is 24.9 Å². The highest BCUT2D eigenvalue weighted by atomic mass is 16.2. The van der Waals surface area contributed by atoms with Crippen LogP contribution in [0, 0.1) is 27.7 Å². The van der Waals surface area contributed by atoms with E-state index in [-0.39, 0.29) is 6.03 Å². The van der Waals surface area contributed by atoms with Gasteiger partial charge in [0.1, 0.15) is 0 Å². The van der Waals surface area contributed by atoms with E-state index in [0.29, 0.717) is 32.0 Å². The first-order valence-electron chi connectivity index (χ1n) is 10.2. The largest absolute Gasteiger partial charge is 0.352 e. The molecule has 156 valence electrons. The molecule has 0 bridgehead atoms. The maximum Gasteiger partial charge on any atom is 0.321 e. The Labute approximate surface area is 176 Å². The molecule has 8 nitrogen and oxygen atoms in total. The van der Waals surface area contributed by atoms with Crippen LogP contribution in [0.5, 0.6) is 0 Å². The quantitative estimate of drug-likeness (QED) is 0.724. The summed E-state index contributed by atoms with van der Waals surface area (Å²) in [5.74, 6) is 1.52. The lowest BCUT2D eigenvalue weighted by molar-refractivity contribution is 0.208. The summed E-state index contributed by atoms with van der Waals surface area (Å²) in [6.45, 7) is 10.7. The van der Waals surface area contributed by atoms with Crippen LogP contribution in [0.1, 0.15) is 22.5 Å². The molecule has 30 heavy (non-hydrogen) atoms. The number of rotatable bonds is 3. The van der Waals surface area contributed by atoms with Crippen LogP contribution in [0.2, 0.25) is 0 Å². The molecule has 1 N–H and O–H groups in total. The number of urea groups is 1. The van der Waals surface area contributed by atoms with Gasteiger partial charge in [-0.15, -0.1) is 10.2 Å². The van der Waals surface area contributed by atoms with Crippen molar-refractivity contribution in [2.75, 3.05) is 36.4 Å². The van der Waals surface area contributed by atoms with Crippen molar-refractivity contribution in [2.45, 2.75) is 27.7 Å². The van der Waals surface area contributed by atoms with E-state index in [0.717, 1.165) is 28.5 Å². The van der Waals surface area contributed by atoms with E-state index in [1.54, 1.807) is 4.68 Å². The second-order valence-electron chi connectivity index (χ2n) is 7.81. The first kappa shape index (κ1) is 19.9. The zero-order valence-electron chi connectivity index (χ0n) is 17.9. The molecule has 0 atom stereocenters. The molecule has 1 aromatic carbocycles. The SMILES string of the molecule is Cc1ccc(NC(=O)N2CCN(c3ccc(-n4nc(C)cc4C)nn3)CC2)c(C)c1. The van der Waals surface area contributed by atoms with Crippen LogP contribution in [0.25, 0.3) is 5.82 Å². The number of nitrogens with zero attached hydrogens (tertiary/aromatic N) is 6. The average molecular weight is 406 g/mol. The summed E-state index contributed by atoms with van der Waals surface area (Å²) >= 11 is 0. The molecule has 1 aliphatic heterocycles. The van der Waals surface area contributed by atoms with Crippen molar-refractivity contribution < 1.29 is 4.79 Å². The molecule has 0 radical (unpaired) electrons. The molecule has 3 aromatic rings. The molecule has 0 saturated carbocycles. The van der Waals surface area contributed by atoms with Gasteiger partial charge in [0.05, 0.1) is 5.69 Å². The summed E-state index contributed by atoms with van der Waals surface area (Å²) in [6, 6.07) is 11.9. The van der Waals surface area contributed by atoms with Gasteiger partial charge >= 0.3 is 6.03 Å². The lowest BCUT2D eigenvalue weighted by atomic mass is 10.1. The second kappa shape index (κ2) is 8.14. The van der Waals surface area contributed by atoms with E-state index >= 15 is 0 Å². The van der Waals surface area contributed by atoms with Gasteiger partial charge in [0.2, 0.25) is 0 Å². The summed E-state index contributed by atoms with van der Waals surface area (Å²) in [7, 11) is 0. The maximum atomic E-state index is 12.6. The van der Waals surface area contributed by atoms with Gasteiger partial charge in [0.25, 0.3) is 0 Å². The Hall–Kier alpha value is -3.42. The normalized spacial score (nSPS) is 14.1. The fraction of sp³-hybridized carbons (Fsp3) is 0.364. The highest BCUT2D eigenvalue weighted by molar-refractivity contribution is 5.90. The van der Waals surface area contributed by atoms with Crippen molar-refractivity contribution in [3.63, 3.8) is 0 Å². The van der Waals surface area contributed by atoms with E-state index in [1.165, 1.54) is 5.56 Å². The first-order chi connectivity index (χ1) is 14.4. The molecular weight excluding hydrogens is 378 g/mol. The number of hydrogen-bond acceptors (Lipinski definition) is 5. The van der Waals surface area contributed by atoms with E-state index in [9.17, 15) is 4.79 Å². The lowest BCUT2D eigenvalue weighted by Gasteiger charge is -2.35. The van der Waals surface area contributed by atoms with Gasteiger partial charge in [-0.25, -0.2) is 9.48 Å². The Morgan fingerprint density at radius 3 is 2.20 bits per heavy atom. The molecule has 3 heterocycles. The van der Waals surface area contributed by atoms with Crippen molar-refractivity contribution in [2.24, 2.45) is 0 Å². The molecule has 2 aromatic heterocycles. The Morgan fingerprint density at radius 2 is 1.60 bits per heavy atom. The van der Waals surface area contributed by atoms with Gasteiger partial charge in [-0.3, -0.25) is 0 Å². The predicted molar refractivity (Wildman–Crippen MR) is 117 cm³/mol. The number of aryl methyl sites for hydroxylation is 4. The number of amides is 2. The summed E-state index contributed by atoms with van der Waals surface area (Å²) in [4.78, 5) is 16.6. The lowest BCUT2D eigenvalue weighted by Crippen LogP contribution is -2.50. The van der Waals surface area contributed by atoms with Crippen molar-refractivity contribution in [3.8, 4) is 5.82 Å². The minimum absolute atomic E-state index is 0.0624. The van der Waals surface area contributed by atoms with Gasteiger partial charge in [-0.05, 0) is 57.5 Å². The summed E-state index contributed by atoms with van der Waals surface area (Å²) < 4.78 is 1.79. The number of anilines is 2. The van der Waals surface area contributed by atoms with E-state index in [4.69, 9.17) is 0 Å². The average Bonchev–Trinajstić information content (AvgIpc) is 3.08. The predicted octanol–water partition coefficient (Wildman–Crippen LogP) is 3.25. The minimum Gasteiger partial charge on any atom is -0.352 e. The number of carbonyl (C=O) groups is 1. The van der Waals surface area contributed by atoms with Gasteiger partial charge < -0.3 is 15.1 Å². The van der Waals surface area contributed by atoms with Crippen LogP contribution >= 0.6 is 0 Å². The van der Waals surface area contributed by atoms with E-state index in [1.807, 2.05) is 62.9 Å². The third-order valence-corrected chi connectivity index (χ3v) is 5.38. The Bertz CT molecular complexity index is 1050. The van der Waals surface area contributed by atoms with Crippen LogP contribution in [0.3, 0.4) is 0 Å². The van der Waals surface area contributed by atoms with Crippen molar-refractivity contribution >= 4 is 17.5 Å². The zero-order valence-corrected chi connectivity index (χ0v) is 17.9. The molecule has 0 spiro atoms. The molecule has 0 unspecified atom stereocenters. The number of carbonyl (C=O) groups excluding carboxylic acids is 1. The van der Waals surface area contributed by atoms with Crippen LogP contribution in [-0.4, -0.2) is 57.1 Å². The molecule has 0 aliphatic carbocycles. The van der Waals surface area contributed by atoms with E-state index in [2.05, 4.69) is 31.6 Å². The fourth-order valence-corrected chi connectivity index (χ4v) is 3.75. The molecule has 1 saturated heterocycles. The smallest absolute Gasteiger partial charge is 0.321 e. The molecule has 4 rings (SSSR count). The second-order valence-corrected chi connectivity index (χ2v) is 7.81. The molecule has 1 fully saturated rings. The van der Waals surface area contributed by atoms with Gasteiger partial charge in [0, 0.05) is 37.6 Å². The monoisotopic (exact) mass is 405 g/mol. The topological polar surface area (TPSA) is 79.2 Å². The third kappa shape index (κ3) is 4.12. The number of benzene rings is 1. The fourth-order valence-electron chi connectivity index (χ4n) is 3.75. The van der Waals surface area contributed by atoms with Crippen LogP contribution in [0.4, 0.5) is 16.3 Å². The minimum atomic E-state index is -0.0624. The summed E-state index contributed by atoms with van der Waals surface area (Å²) in [5.41, 5.74) is 5.09. The zero-order chi connectivity index (χ0) is 21.3. The van der Waals surface area contributed by atoms with Gasteiger partial charge in [-0.1, -0.05) is 17.7 Å². The Balaban J connectivity index is 1.36. The molecule has 8 heteroatoms. The number of nitrogens with one attached hydrogen (secondary N) is 1. The Kier molecular flexibility index (Phi) is 5.39. The van der Waals surface area contributed by atoms with E-state index < -0.39 is 0 Å². The summed E-state index contributed by atoms with van der Waals surface area (Å²) in [6.07, 6.45) is 0. The van der Waals surface area contributed by atoms with Crippen LogP contribution in [-0.2, 0) is 0 Å². The third-order valence-electron chi connectivity index (χ3n) is 5.38. The number of aromatic nitrogens is 4.